The van der Waals surface area contributed by atoms with Crippen molar-refractivity contribution in [1.82, 2.24) is 24.7 Å². The van der Waals surface area contributed by atoms with E-state index >= 15 is 0 Å². The van der Waals surface area contributed by atoms with Crippen molar-refractivity contribution >= 4 is 11.8 Å². The highest BCUT2D eigenvalue weighted by molar-refractivity contribution is 5.92. The van der Waals surface area contributed by atoms with Gasteiger partial charge in [-0.15, -0.1) is 0 Å². The molecule has 0 aliphatic carbocycles. The van der Waals surface area contributed by atoms with E-state index in [1.165, 1.54) is 0 Å². The van der Waals surface area contributed by atoms with Gasteiger partial charge in [0, 0.05) is 45.1 Å². The van der Waals surface area contributed by atoms with Crippen molar-refractivity contribution in [3.05, 3.63) is 54.1 Å². The van der Waals surface area contributed by atoms with E-state index in [1.807, 2.05) is 53.0 Å². The zero-order valence-corrected chi connectivity index (χ0v) is 17.7. The molecule has 1 N–H and O–H groups in total. The molecule has 0 bridgehead atoms. The third-order valence-electron chi connectivity index (χ3n) is 6.42. The molecule has 7 heteroatoms. The molecule has 2 aromatic rings. The van der Waals surface area contributed by atoms with Crippen LogP contribution in [0.15, 0.2) is 42.7 Å². The Bertz CT molecular complexity index is 857. The van der Waals surface area contributed by atoms with Crippen LogP contribution in [0.1, 0.15) is 41.9 Å². The van der Waals surface area contributed by atoms with Gasteiger partial charge < -0.3 is 14.8 Å². The first-order chi connectivity index (χ1) is 14.6. The molecule has 0 aromatic carbocycles. The summed E-state index contributed by atoms with van der Waals surface area (Å²) in [5, 5.41) is 3.05. The maximum atomic E-state index is 12.7. The summed E-state index contributed by atoms with van der Waals surface area (Å²) >= 11 is 0. The highest BCUT2D eigenvalue weighted by atomic mass is 16.2. The SMILES string of the molecule is Cn1cccc1C(=O)N1CCC(N2CCC[C@@H](C(=O)NCc3ccccn3)C2)CC1. The lowest BCUT2D eigenvalue weighted by atomic mass is 9.93. The Labute approximate surface area is 178 Å². The van der Waals surface area contributed by atoms with E-state index in [9.17, 15) is 9.59 Å². The highest BCUT2D eigenvalue weighted by Gasteiger charge is 2.33. The molecule has 30 heavy (non-hydrogen) atoms. The van der Waals surface area contributed by atoms with Gasteiger partial charge in [0.25, 0.3) is 5.91 Å². The minimum absolute atomic E-state index is 0.0329. The topological polar surface area (TPSA) is 70.5 Å². The van der Waals surface area contributed by atoms with Gasteiger partial charge in [-0.2, -0.15) is 0 Å². The number of nitrogens with zero attached hydrogens (tertiary/aromatic N) is 4. The molecule has 2 aromatic heterocycles. The van der Waals surface area contributed by atoms with Crippen LogP contribution in [0, 0.1) is 5.92 Å². The van der Waals surface area contributed by atoms with Gasteiger partial charge in [0.2, 0.25) is 5.91 Å². The predicted molar refractivity (Wildman–Crippen MR) is 115 cm³/mol. The van der Waals surface area contributed by atoms with Gasteiger partial charge in [0.1, 0.15) is 5.69 Å². The molecule has 2 fully saturated rings. The first-order valence-corrected chi connectivity index (χ1v) is 10.9. The van der Waals surface area contributed by atoms with Gasteiger partial charge >= 0.3 is 0 Å². The number of rotatable bonds is 5. The van der Waals surface area contributed by atoms with Crippen molar-refractivity contribution < 1.29 is 9.59 Å². The van der Waals surface area contributed by atoms with Crippen LogP contribution in [-0.4, -0.2) is 63.4 Å². The Morgan fingerprint density at radius 3 is 2.63 bits per heavy atom. The molecule has 2 amide bonds. The van der Waals surface area contributed by atoms with Crippen molar-refractivity contribution in [2.24, 2.45) is 13.0 Å². The van der Waals surface area contributed by atoms with Gasteiger partial charge in [-0.1, -0.05) is 6.07 Å². The quantitative estimate of drug-likeness (QED) is 0.821. The van der Waals surface area contributed by atoms with E-state index in [4.69, 9.17) is 0 Å². The number of amides is 2. The summed E-state index contributed by atoms with van der Waals surface area (Å²) in [7, 11) is 1.91. The van der Waals surface area contributed by atoms with Crippen LogP contribution < -0.4 is 5.32 Å². The Morgan fingerprint density at radius 1 is 1.10 bits per heavy atom. The molecule has 2 saturated heterocycles. The second kappa shape index (κ2) is 9.43. The zero-order chi connectivity index (χ0) is 20.9. The van der Waals surface area contributed by atoms with Crippen molar-refractivity contribution in [2.45, 2.75) is 38.3 Å². The number of hydrogen-bond donors (Lipinski definition) is 1. The fourth-order valence-electron chi connectivity index (χ4n) is 4.66. The van der Waals surface area contributed by atoms with E-state index in [2.05, 4.69) is 15.2 Å². The second-order valence-electron chi connectivity index (χ2n) is 8.40. The molecule has 4 rings (SSSR count). The number of aryl methyl sites for hydroxylation is 1. The maximum absolute atomic E-state index is 12.7. The van der Waals surface area contributed by atoms with Crippen molar-refractivity contribution in [1.29, 1.82) is 0 Å². The average molecular weight is 410 g/mol. The summed E-state index contributed by atoms with van der Waals surface area (Å²) in [5.74, 6) is 0.276. The summed E-state index contributed by atoms with van der Waals surface area (Å²) in [4.78, 5) is 34.1. The van der Waals surface area contributed by atoms with Gasteiger partial charge in [-0.3, -0.25) is 19.5 Å². The fourth-order valence-corrected chi connectivity index (χ4v) is 4.66. The zero-order valence-electron chi connectivity index (χ0n) is 17.7. The molecule has 2 aliphatic heterocycles. The highest BCUT2D eigenvalue weighted by Crippen LogP contribution is 2.25. The lowest BCUT2D eigenvalue weighted by Crippen LogP contribution is -2.51. The normalized spacial score (nSPS) is 20.8. The molecule has 7 nitrogen and oxygen atoms in total. The Kier molecular flexibility index (Phi) is 6.47. The number of likely N-dealkylation sites (tertiary alicyclic amines) is 2. The summed E-state index contributed by atoms with van der Waals surface area (Å²) in [5.41, 5.74) is 1.63. The van der Waals surface area contributed by atoms with E-state index in [0.717, 1.165) is 63.3 Å². The minimum atomic E-state index is 0.0329. The van der Waals surface area contributed by atoms with Crippen LogP contribution in [0.4, 0.5) is 0 Å². The molecule has 160 valence electrons. The van der Waals surface area contributed by atoms with Gasteiger partial charge in [-0.05, 0) is 56.5 Å². The van der Waals surface area contributed by atoms with Crippen molar-refractivity contribution in [3.63, 3.8) is 0 Å². The Hall–Kier alpha value is -2.67. The summed E-state index contributed by atoms with van der Waals surface area (Å²) in [6, 6.07) is 9.99. The van der Waals surface area contributed by atoms with Crippen LogP contribution in [0.5, 0.6) is 0 Å². The lowest BCUT2D eigenvalue weighted by Gasteiger charge is -2.42. The van der Waals surface area contributed by atoms with E-state index in [-0.39, 0.29) is 17.7 Å². The van der Waals surface area contributed by atoms with Crippen LogP contribution in [0.25, 0.3) is 0 Å². The predicted octanol–water partition coefficient (Wildman–Crippen LogP) is 2.05. The number of pyridine rings is 1. The molecule has 0 spiro atoms. The van der Waals surface area contributed by atoms with Crippen LogP contribution >= 0.6 is 0 Å². The molecule has 0 saturated carbocycles. The van der Waals surface area contributed by atoms with Gasteiger partial charge in [-0.25, -0.2) is 0 Å². The average Bonchev–Trinajstić information content (AvgIpc) is 3.23. The van der Waals surface area contributed by atoms with Crippen LogP contribution in [-0.2, 0) is 18.4 Å². The third-order valence-corrected chi connectivity index (χ3v) is 6.42. The summed E-state index contributed by atoms with van der Waals surface area (Å²) < 4.78 is 1.88. The molecule has 4 heterocycles. The molecular formula is C23H31N5O2. The largest absolute Gasteiger partial charge is 0.350 e. The summed E-state index contributed by atoms with van der Waals surface area (Å²) in [6.45, 7) is 3.89. The monoisotopic (exact) mass is 409 g/mol. The lowest BCUT2D eigenvalue weighted by molar-refractivity contribution is -0.127. The van der Waals surface area contributed by atoms with E-state index in [1.54, 1.807) is 6.20 Å². The fraction of sp³-hybridized carbons (Fsp3) is 0.522. The molecule has 1 atom stereocenters. The van der Waals surface area contributed by atoms with Gasteiger partial charge in [0.15, 0.2) is 0 Å². The number of aromatic nitrogens is 2. The molecule has 0 radical (unpaired) electrons. The van der Waals surface area contributed by atoms with Crippen molar-refractivity contribution in [2.75, 3.05) is 26.2 Å². The number of carbonyl (C=O) groups is 2. The smallest absolute Gasteiger partial charge is 0.270 e. The summed E-state index contributed by atoms with van der Waals surface area (Å²) in [6.07, 6.45) is 7.59. The van der Waals surface area contributed by atoms with Crippen molar-refractivity contribution in [3.8, 4) is 0 Å². The maximum Gasteiger partial charge on any atom is 0.270 e. The Balaban J connectivity index is 1.26. The Morgan fingerprint density at radius 2 is 1.93 bits per heavy atom. The number of hydrogen-bond acceptors (Lipinski definition) is 4. The standard InChI is InChI=1S/C23H31N5O2/c1-26-12-5-8-21(26)23(30)27-14-9-20(10-15-27)28-13-4-6-18(17-28)22(29)25-16-19-7-2-3-11-24-19/h2-3,5,7-8,11-12,18,20H,4,6,9-10,13-17H2,1H3,(H,25,29)/t18-/m1/s1. The molecule has 2 aliphatic rings. The number of piperidine rings is 2. The second-order valence-corrected chi connectivity index (χ2v) is 8.40. The van der Waals surface area contributed by atoms with E-state index < -0.39 is 0 Å². The molecule has 0 unspecified atom stereocenters. The van der Waals surface area contributed by atoms with Gasteiger partial charge in [0.05, 0.1) is 18.2 Å². The first-order valence-electron chi connectivity index (χ1n) is 10.9. The number of nitrogens with one attached hydrogen (secondary N) is 1. The first kappa shape index (κ1) is 20.6. The third kappa shape index (κ3) is 4.73. The number of carbonyl (C=O) groups excluding carboxylic acids is 2. The minimum Gasteiger partial charge on any atom is -0.350 e. The van der Waals surface area contributed by atoms with E-state index in [0.29, 0.717) is 12.6 Å². The van der Waals surface area contributed by atoms with Crippen LogP contribution in [0.2, 0.25) is 0 Å². The van der Waals surface area contributed by atoms with Crippen LogP contribution in [0.3, 0.4) is 0 Å². The molecular weight excluding hydrogens is 378 g/mol.